The van der Waals surface area contributed by atoms with Crippen LogP contribution in [0, 0.1) is 0 Å². The molecule has 2 aliphatic heterocycles. The highest BCUT2D eigenvalue weighted by atomic mass is 32.2. The molecule has 0 unspecified atom stereocenters. The Morgan fingerprint density at radius 1 is 1.03 bits per heavy atom. The van der Waals surface area contributed by atoms with Crippen molar-refractivity contribution in [3.63, 3.8) is 0 Å². The zero-order valence-electron chi connectivity index (χ0n) is 16.0. The van der Waals surface area contributed by atoms with Crippen LogP contribution in [0.2, 0.25) is 0 Å². The average Bonchev–Trinajstić information content (AvgIpc) is 2.93. The van der Waals surface area contributed by atoms with E-state index in [4.69, 9.17) is 10.1 Å². The second-order valence-electron chi connectivity index (χ2n) is 6.86. The number of aliphatic imine (C=N–C) groups is 1. The number of fused-ring (bicyclic) bond motifs is 1. The fourth-order valence-electron chi connectivity index (χ4n) is 4.11. The zero-order chi connectivity index (χ0) is 20.6. The van der Waals surface area contributed by atoms with Crippen LogP contribution in [-0.4, -0.2) is 51.9 Å². The summed E-state index contributed by atoms with van der Waals surface area (Å²) in [5, 5.41) is 9.48. The predicted octanol–water partition coefficient (Wildman–Crippen LogP) is 1.97. The number of aliphatic carboxylic acids is 1. The Labute approximate surface area is 172 Å². The highest BCUT2D eigenvalue weighted by Crippen LogP contribution is 2.53. The maximum atomic E-state index is 13.2. The van der Waals surface area contributed by atoms with Crippen molar-refractivity contribution in [2.24, 2.45) is 4.99 Å². The van der Waals surface area contributed by atoms with E-state index in [-0.39, 0.29) is 11.8 Å². The summed E-state index contributed by atoms with van der Waals surface area (Å²) in [4.78, 5) is 32.5. The molecule has 9 heteroatoms. The molecule has 0 bridgehead atoms. The number of benzene rings is 2. The molecule has 2 aromatic carbocycles. The molecule has 1 saturated heterocycles. The van der Waals surface area contributed by atoms with Crippen molar-refractivity contribution in [3.8, 4) is 0 Å². The van der Waals surface area contributed by atoms with Crippen LogP contribution < -0.4 is 10.9 Å². The van der Waals surface area contributed by atoms with Crippen LogP contribution in [0.5, 0.6) is 0 Å². The van der Waals surface area contributed by atoms with E-state index in [0.29, 0.717) is 5.17 Å². The van der Waals surface area contributed by atoms with Gasteiger partial charge in [0.25, 0.3) is 0 Å². The molecule has 0 radical (unpaired) electrons. The predicted molar refractivity (Wildman–Crippen MR) is 111 cm³/mol. The van der Waals surface area contributed by atoms with Crippen molar-refractivity contribution < 1.29 is 14.7 Å². The molecule has 29 heavy (non-hydrogen) atoms. The minimum atomic E-state index is -1.15. The summed E-state index contributed by atoms with van der Waals surface area (Å²) in [5.74, 6) is -1.09. The second-order valence-corrected chi connectivity index (χ2v) is 7.83. The lowest BCUT2D eigenvalue weighted by Crippen LogP contribution is -2.70. The van der Waals surface area contributed by atoms with Crippen LogP contribution in [0.4, 0.5) is 4.79 Å². The number of carboxylic acid groups (broad SMARTS) is 1. The largest absolute Gasteiger partial charge is 0.481 e. The lowest BCUT2D eigenvalue weighted by Gasteiger charge is -2.50. The van der Waals surface area contributed by atoms with Crippen LogP contribution in [0.3, 0.4) is 0 Å². The smallest absolute Gasteiger partial charge is 0.323 e. The highest BCUT2D eigenvalue weighted by Gasteiger charge is 2.69. The summed E-state index contributed by atoms with van der Waals surface area (Å²) in [5.41, 5.74) is 5.80. The Morgan fingerprint density at radius 2 is 1.62 bits per heavy atom. The first-order chi connectivity index (χ1) is 13.9. The minimum Gasteiger partial charge on any atom is -0.481 e. The summed E-state index contributed by atoms with van der Waals surface area (Å²) < 4.78 is 0. The Morgan fingerprint density at radius 3 is 2.21 bits per heavy atom. The molecule has 1 fully saturated rings. The molecular formula is C20H21N5O3S. The number of carbonyl (C=O) groups excluding carboxylic acids is 1. The molecule has 2 atom stereocenters. The number of hydrogen-bond acceptors (Lipinski definition) is 6. The number of rotatable bonds is 4. The molecule has 0 aromatic heterocycles. The van der Waals surface area contributed by atoms with Gasteiger partial charge in [0.15, 0.2) is 10.8 Å². The van der Waals surface area contributed by atoms with Crippen molar-refractivity contribution in [3.05, 3.63) is 71.8 Å². The van der Waals surface area contributed by atoms with Gasteiger partial charge < -0.3 is 5.11 Å². The van der Waals surface area contributed by atoms with E-state index in [1.165, 1.54) is 0 Å². The number of carboxylic acids is 1. The lowest BCUT2D eigenvalue weighted by molar-refractivity contribution is -0.133. The van der Waals surface area contributed by atoms with Crippen LogP contribution in [0.15, 0.2) is 65.7 Å². The molecule has 3 N–H and O–H groups in total. The molecule has 0 aliphatic carbocycles. The van der Waals surface area contributed by atoms with Gasteiger partial charge in [-0.3, -0.25) is 20.0 Å². The number of hydrogen-bond donors (Lipinski definition) is 3. The van der Waals surface area contributed by atoms with Crippen molar-refractivity contribution >= 4 is 28.9 Å². The molecular weight excluding hydrogens is 390 g/mol. The van der Waals surface area contributed by atoms with Gasteiger partial charge in [-0.1, -0.05) is 72.4 Å². The van der Waals surface area contributed by atoms with E-state index in [2.05, 4.69) is 10.9 Å². The number of hydrazine groups is 1. The summed E-state index contributed by atoms with van der Waals surface area (Å²) in [6.07, 6.45) is 0. The fraction of sp³-hybridized carbons (Fsp3) is 0.250. The highest BCUT2D eigenvalue weighted by molar-refractivity contribution is 8.14. The Bertz CT molecular complexity index is 971. The zero-order valence-corrected chi connectivity index (χ0v) is 16.8. The first-order valence-corrected chi connectivity index (χ1v) is 10.0. The fourth-order valence-corrected chi connectivity index (χ4v) is 4.69. The Balaban J connectivity index is 1.99. The van der Waals surface area contributed by atoms with E-state index >= 15 is 0 Å². The van der Waals surface area contributed by atoms with E-state index in [1.807, 2.05) is 60.7 Å². The molecule has 0 saturated carbocycles. The van der Waals surface area contributed by atoms with E-state index < -0.39 is 17.3 Å². The number of amides is 2. The third kappa shape index (κ3) is 2.69. The Kier molecular flexibility index (Phi) is 4.71. The van der Waals surface area contributed by atoms with Crippen molar-refractivity contribution in [1.29, 1.82) is 0 Å². The summed E-state index contributed by atoms with van der Waals surface area (Å²) in [7, 11) is 3.45. The first kappa shape index (κ1) is 19.3. The van der Waals surface area contributed by atoms with Gasteiger partial charge in [-0.25, -0.2) is 15.2 Å². The van der Waals surface area contributed by atoms with Crippen LogP contribution >= 0.6 is 11.8 Å². The van der Waals surface area contributed by atoms with Crippen LogP contribution in [0.1, 0.15) is 11.1 Å². The summed E-state index contributed by atoms with van der Waals surface area (Å²) in [6.45, 7) is 0. The molecule has 0 spiro atoms. The van der Waals surface area contributed by atoms with E-state index in [0.717, 1.165) is 22.9 Å². The summed E-state index contributed by atoms with van der Waals surface area (Å²) in [6, 6.07) is 19.0. The normalized spacial score (nSPS) is 26.0. The van der Waals surface area contributed by atoms with Gasteiger partial charge in [-0.15, -0.1) is 0 Å². The minimum absolute atomic E-state index is 0.149. The number of amidine groups is 1. The number of thioether (sulfide) groups is 1. The third-order valence-electron chi connectivity index (χ3n) is 5.38. The van der Waals surface area contributed by atoms with Gasteiger partial charge in [0.1, 0.15) is 0 Å². The molecule has 2 aliphatic rings. The number of carbonyl (C=O) groups is 2. The van der Waals surface area contributed by atoms with Gasteiger partial charge >= 0.3 is 12.0 Å². The molecule has 2 amide bonds. The quantitative estimate of drug-likeness (QED) is 0.712. The third-order valence-corrected chi connectivity index (χ3v) is 6.24. The van der Waals surface area contributed by atoms with Gasteiger partial charge in [-0.05, 0) is 5.56 Å². The topological polar surface area (TPSA) is 97.3 Å². The maximum Gasteiger partial charge on any atom is 0.323 e. The molecule has 2 aromatic rings. The van der Waals surface area contributed by atoms with Crippen molar-refractivity contribution in [2.45, 2.75) is 11.3 Å². The van der Waals surface area contributed by atoms with Gasteiger partial charge in [0.2, 0.25) is 5.66 Å². The van der Waals surface area contributed by atoms with Gasteiger partial charge in [-0.2, -0.15) is 0 Å². The maximum absolute atomic E-state index is 13.2. The van der Waals surface area contributed by atoms with E-state index in [9.17, 15) is 9.59 Å². The number of nitrogens with zero attached hydrogens (tertiary/aromatic N) is 3. The van der Waals surface area contributed by atoms with Crippen LogP contribution in [-0.2, 0) is 16.1 Å². The SMILES string of the molecule is CN1C(=O)N(C)[C@]2(c3ccccc3)NNC(SCC(=O)O)=N[C@]12c1ccccc1. The van der Waals surface area contributed by atoms with Gasteiger partial charge in [0.05, 0.1) is 5.75 Å². The second kappa shape index (κ2) is 7.09. The summed E-state index contributed by atoms with van der Waals surface area (Å²) >= 11 is 1.07. The molecule has 2 heterocycles. The average molecular weight is 411 g/mol. The number of nitrogens with one attached hydrogen (secondary N) is 2. The lowest BCUT2D eigenvalue weighted by atomic mass is 9.80. The number of likely N-dealkylation sites (N-methyl/N-ethyl adjacent to an activating group) is 2. The first-order valence-electron chi connectivity index (χ1n) is 9.04. The van der Waals surface area contributed by atoms with E-state index in [1.54, 1.807) is 23.9 Å². The Hall–Kier alpha value is -3.04. The van der Waals surface area contributed by atoms with Crippen LogP contribution in [0.25, 0.3) is 0 Å². The van der Waals surface area contributed by atoms with Crippen molar-refractivity contribution in [2.75, 3.05) is 19.8 Å². The standard InChI is InChI=1S/C20H21N5O3S/c1-24-18(28)25(2)20(15-11-7-4-8-12-15)19(24,14-9-5-3-6-10-14)21-17(22-23-20)29-13-16(26)27/h3-12,23H,13H2,1-2H3,(H,21,22)(H,26,27)/t19-,20+/m1/s1. The molecule has 150 valence electrons. The van der Waals surface area contributed by atoms with Gasteiger partial charge in [0, 0.05) is 19.7 Å². The van der Waals surface area contributed by atoms with Crippen molar-refractivity contribution in [1.82, 2.24) is 20.7 Å². The monoisotopic (exact) mass is 411 g/mol. The molecule has 4 rings (SSSR count). The molecule has 8 nitrogen and oxygen atoms in total. The number of urea groups is 1.